The molecule has 1 heterocycles. The fourth-order valence-electron chi connectivity index (χ4n) is 3.38. The number of aliphatic hydroxyl groups is 1. The van der Waals surface area contributed by atoms with E-state index in [9.17, 15) is 14.7 Å². The Bertz CT molecular complexity index is 707. The zero-order chi connectivity index (χ0) is 22.1. The first-order valence-electron chi connectivity index (χ1n) is 10.4. The van der Waals surface area contributed by atoms with Gasteiger partial charge >= 0.3 is 12.2 Å². The molecule has 8 heteroatoms. The first-order valence-corrected chi connectivity index (χ1v) is 10.8. The summed E-state index contributed by atoms with van der Waals surface area (Å²) >= 11 is 5.90. The number of ether oxygens (including phenoxy) is 2. The minimum absolute atomic E-state index is 0.0149. The maximum absolute atomic E-state index is 12.3. The summed E-state index contributed by atoms with van der Waals surface area (Å²) in [5.41, 5.74) is 0.287. The highest BCUT2D eigenvalue weighted by Crippen LogP contribution is 2.24. The number of rotatable bonds is 7. The largest absolute Gasteiger partial charge is 0.445 e. The van der Waals surface area contributed by atoms with Crippen molar-refractivity contribution in [3.8, 4) is 0 Å². The van der Waals surface area contributed by atoms with E-state index in [1.807, 2.05) is 26.8 Å². The second kappa shape index (κ2) is 11.4. The van der Waals surface area contributed by atoms with Crippen molar-refractivity contribution in [1.82, 2.24) is 10.2 Å². The molecule has 0 radical (unpaired) electrons. The van der Waals surface area contributed by atoms with Gasteiger partial charge in [-0.1, -0.05) is 23.7 Å². The van der Waals surface area contributed by atoms with E-state index < -0.39 is 17.8 Å². The molecular weight excluding hydrogens is 408 g/mol. The van der Waals surface area contributed by atoms with Gasteiger partial charge in [-0.3, -0.25) is 0 Å². The van der Waals surface area contributed by atoms with Crippen LogP contribution in [0.2, 0.25) is 5.02 Å². The normalized spacial score (nSPS) is 17.9. The molecule has 1 aromatic carbocycles. The van der Waals surface area contributed by atoms with E-state index in [0.29, 0.717) is 37.5 Å². The van der Waals surface area contributed by atoms with Gasteiger partial charge in [0.15, 0.2) is 0 Å². The maximum Gasteiger partial charge on any atom is 0.410 e. The lowest BCUT2D eigenvalue weighted by Gasteiger charge is -2.36. The van der Waals surface area contributed by atoms with Crippen LogP contribution in [0.4, 0.5) is 9.59 Å². The molecule has 168 valence electrons. The number of hydrogen-bond acceptors (Lipinski definition) is 5. The van der Waals surface area contributed by atoms with Crippen molar-refractivity contribution in [2.24, 2.45) is 5.92 Å². The summed E-state index contributed by atoms with van der Waals surface area (Å²) in [6.45, 7) is 7.23. The molecule has 0 spiro atoms. The molecule has 0 unspecified atom stereocenters. The Kier molecular flexibility index (Phi) is 9.24. The Labute approximate surface area is 183 Å². The SMILES string of the molecule is CC(C)(C)OC(=O)N1CCC[C@@H]([C@@H](O)CCCNC(=O)OCc2cccc(Cl)c2)C1. The van der Waals surface area contributed by atoms with Crippen LogP contribution in [0.5, 0.6) is 0 Å². The van der Waals surface area contributed by atoms with Crippen LogP contribution in [0.3, 0.4) is 0 Å². The summed E-state index contributed by atoms with van der Waals surface area (Å²) in [6, 6.07) is 7.14. The lowest BCUT2D eigenvalue weighted by molar-refractivity contribution is 0.00127. The van der Waals surface area contributed by atoms with Crippen LogP contribution in [0, 0.1) is 5.92 Å². The second-order valence-electron chi connectivity index (χ2n) is 8.67. The van der Waals surface area contributed by atoms with Gasteiger partial charge in [0.2, 0.25) is 0 Å². The van der Waals surface area contributed by atoms with Crippen molar-refractivity contribution < 1.29 is 24.2 Å². The molecular formula is C22H33ClN2O5. The highest BCUT2D eigenvalue weighted by molar-refractivity contribution is 6.30. The predicted octanol–water partition coefficient (Wildman–Crippen LogP) is 4.35. The van der Waals surface area contributed by atoms with Crippen LogP contribution in [-0.4, -0.2) is 53.5 Å². The average molecular weight is 441 g/mol. The van der Waals surface area contributed by atoms with Crippen LogP contribution in [0.25, 0.3) is 0 Å². The van der Waals surface area contributed by atoms with Gasteiger partial charge in [0.25, 0.3) is 0 Å². The number of benzene rings is 1. The number of piperidine rings is 1. The number of amides is 2. The zero-order valence-corrected chi connectivity index (χ0v) is 18.8. The molecule has 7 nitrogen and oxygen atoms in total. The van der Waals surface area contributed by atoms with Crippen LogP contribution >= 0.6 is 11.6 Å². The minimum Gasteiger partial charge on any atom is -0.445 e. The molecule has 2 N–H and O–H groups in total. The fraction of sp³-hybridized carbons (Fsp3) is 0.636. The van der Waals surface area contributed by atoms with Gasteiger partial charge < -0.3 is 24.8 Å². The van der Waals surface area contributed by atoms with Gasteiger partial charge in [0.1, 0.15) is 12.2 Å². The molecule has 1 aliphatic rings. The Morgan fingerprint density at radius 2 is 2.13 bits per heavy atom. The van der Waals surface area contributed by atoms with E-state index in [1.165, 1.54) is 0 Å². The number of aliphatic hydroxyl groups excluding tert-OH is 1. The third-order valence-corrected chi connectivity index (χ3v) is 5.09. The Balaban J connectivity index is 1.64. The molecule has 0 aromatic heterocycles. The third-order valence-electron chi connectivity index (χ3n) is 4.86. The summed E-state index contributed by atoms with van der Waals surface area (Å²) in [4.78, 5) is 25.7. The fourth-order valence-corrected chi connectivity index (χ4v) is 3.59. The molecule has 1 saturated heterocycles. The Hall–Kier alpha value is -1.99. The standard InChI is InChI=1S/C22H33ClN2O5/c1-22(2,3)30-21(28)25-12-6-8-17(14-25)19(26)10-5-11-24-20(27)29-15-16-7-4-9-18(23)13-16/h4,7,9,13,17,19,26H,5-6,8,10-12,14-15H2,1-3H3,(H,24,27)/t17-,19+/m1/s1. The number of carbonyl (C=O) groups is 2. The van der Waals surface area contributed by atoms with E-state index in [-0.39, 0.29) is 18.6 Å². The van der Waals surface area contributed by atoms with Crippen molar-refractivity contribution in [3.05, 3.63) is 34.9 Å². The molecule has 1 aromatic rings. The summed E-state index contributed by atoms with van der Waals surface area (Å²) in [5, 5.41) is 13.8. The summed E-state index contributed by atoms with van der Waals surface area (Å²) < 4.78 is 10.6. The Morgan fingerprint density at radius 1 is 1.37 bits per heavy atom. The highest BCUT2D eigenvalue weighted by Gasteiger charge is 2.30. The molecule has 2 amide bonds. The van der Waals surface area contributed by atoms with Gasteiger partial charge in [-0.15, -0.1) is 0 Å². The van der Waals surface area contributed by atoms with Crippen molar-refractivity contribution in [1.29, 1.82) is 0 Å². The number of likely N-dealkylation sites (tertiary alicyclic amines) is 1. The van der Waals surface area contributed by atoms with Gasteiger partial charge in [-0.2, -0.15) is 0 Å². The number of hydrogen-bond donors (Lipinski definition) is 2. The number of alkyl carbamates (subject to hydrolysis) is 1. The van der Waals surface area contributed by atoms with Gasteiger partial charge in [-0.25, -0.2) is 9.59 Å². The van der Waals surface area contributed by atoms with Crippen LogP contribution in [-0.2, 0) is 16.1 Å². The van der Waals surface area contributed by atoms with Gasteiger partial charge in [0, 0.05) is 30.6 Å². The third kappa shape index (κ3) is 8.79. The molecule has 0 saturated carbocycles. The second-order valence-corrected chi connectivity index (χ2v) is 9.11. The summed E-state index contributed by atoms with van der Waals surface area (Å²) in [6.07, 6.45) is 1.52. The molecule has 2 rings (SSSR count). The first kappa shape index (κ1) is 24.3. The lowest BCUT2D eigenvalue weighted by atomic mass is 9.90. The van der Waals surface area contributed by atoms with Crippen LogP contribution in [0.1, 0.15) is 52.0 Å². The van der Waals surface area contributed by atoms with Crippen molar-refractivity contribution in [2.45, 2.75) is 64.8 Å². The monoisotopic (exact) mass is 440 g/mol. The molecule has 2 atom stereocenters. The number of nitrogens with zero attached hydrogens (tertiary/aromatic N) is 1. The maximum atomic E-state index is 12.3. The number of halogens is 1. The smallest absolute Gasteiger partial charge is 0.410 e. The zero-order valence-electron chi connectivity index (χ0n) is 18.0. The average Bonchev–Trinajstić information content (AvgIpc) is 2.68. The molecule has 30 heavy (non-hydrogen) atoms. The van der Waals surface area contributed by atoms with Crippen LogP contribution in [0.15, 0.2) is 24.3 Å². The highest BCUT2D eigenvalue weighted by atomic mass is 35.5. The minimum atomic E-state index is -0.532. The summed E-state index contributed by atoms with van der Waals surface area (Å²) in [7, 11) is 0. The van der Waals surface area contributed by atoms with E-state index in [0.717, 1.165) is 18.4 Å². The summed E-state index contributed by atoms with van der Waals surface area (Å²) in [5.74, 6) is 0.0149. The van der Waals surface area contributed by atoms with E-state index in [4.69, 9.17) is 21.1 Å². The molecule has 0 aliphatic carbocycles. The molecule has 1 aliphatic heterocycles. The molecule has 0 bridgehead atoms. The van der Waals surface area contributed by atoms with Crippen molar-refractivity contribution in [3.63, 3.8) is 0 Å². The van der Waals surface area contributed by atoms with Gasteiger partial charge in [0.05, 0.1) is 6.10 Å². The van der Waals surface area contributed by atoms with Crippen LogP contribution < -0.4 is 5.32 Å². The van der Waals surface area contributed by atoms with Crippen molar-refractivity contribution in [2.75, 3.05) is 19.6 Å². The molecule has 1 fully saturated rings. The van der Waals surface area contributed by atoms with E-state index in [2.05, 4.69) is 5.32 Å². The lowest BCUT2D eigenvalue weighted by Crippen LogP contribution is -2.45. The van der Waals surface area contributed by atoms with Crippen molar-refractivity contribution >= 4 is 23.8 Å². The quantitative estimate of drug-likeness (QED) is 0.615. The number of nitrogens with one attached hydrogen (secondary N) is 1. The van der Waals surface area contributed by atoms with E-state index >= 15 is 0 Å². The first-order chi connectivity index (χ1) is 14.1. The number of carbonyl (C=O) groups excluding carboxylic acids is 2. The Morgan fingerprint density at radius 3 is 2.83 bits per heavy atom. The predicted molar refractivity (Wildman–Crippen MR) is 115 cm³/mol. The van der Waals surface area contributed by atoms with Gasteiger partial charge in [-0.05, 0) is 64.2 Å². The van der Waals surface area contributed by atoms with E-state index in [1.54, 1.807) is 23.1 Å². The topological polar surface area (TPSA) is 88.1 Å².